The van der Waals surface area contributed by atoms with Crippen LogP contribution in [0.25, 0.3) is 0 Å². The molecule has 0 unspecified atom stereocenters. The lowest BCUT2D eigenvalue weighted by molar-refractivity contribution is 0.201. The molecule has 0 N–H and O–H groups in total. The summed E-state index contributed by atoms with van der Waals surface area (Å²) in [4.78, 5) is 0. The van der Waals surface area contributed by atoms with Gasteiger partial charge in [0, 0.05) is 0 Å². The molecule has 0 amide bonds. The van der Waals surface area contributed by atoms with Crippen molar-refractivity contribution in [3.63, 3.8) is 0 Å². The standard InChI is InChI=1S/C13H20O2/c1-4-10-14-12-8-6-7-9-13(12)15-11(3)5-2/h6-9,11H,4-5,10H2,1-3H3/t11-/m1/s1. The van der Waals surface area contributed by atoms with Gasteiger partial charge in [0.1, 0.15) is 0 Å². The van der Waals surface area contributed by atoms with E-state index in [0.717, 1.165) is 30.9 Å². The molecule has 0 heterocycles. The molecule has 0 aliphatic rings. The van der Waals surface area contributed by atoms with Gasteiger partial charge in [0.05, 0.1) is 12.7 Å². The van der Waals surface area contributed by atoms with E-state index in [0.29, 0.717) is 0 Å². The minimum absolute atomic E-state index is 0.233. The maximum atomic E-state index is 5.77. The summed E-state index contributed by atoms with van der Waals surface area (Å²) < 4.78 is 11.4. The van der Waals surface area contributed by atoms with Crippen molar-refractivity contribution in [2.24, 2.45) is 0 Å². The molecule has 0 aliphatic heterocycles. The highest BCUT2D eigenvalue weighted by Gasteiger charge is 2.06. The van der Waals surface area contributed by atoms with Crippen molar-refractivity contribution in [2.45, 2.75) is 39.7 Å². The Morgan fingerprint density at radius 1 is 1.13 bits per heavy atom. The van der Waals surface area contributed by atoms with Gasteiger partial charge >= 0.3 is 0 Å². The van der Waals surface area contributed by atoms with Gasteiger partial charge < -0.3 is 9.47 Å². The molecule has 1 rings (SSSR count). The zero-order valence-electron chi connectivity index (χ0n) is 9.82. The number of benzene rings is 1. The van der Waals surface area contributed by atoms with E-state index in [1.807, 2.05) is 24.3 Å². The Morgan fingerprint density at radius 3 is 2.40 bits per heavy atom. The average Bonchev–Trinajstić information content (AvgIpc) is 2.28. The van der Waals surface area contributed by atoms with E-state index in [-0.39, 0.29) is 6.10 Å². The Bertz CT molecular complexity index is 284. The molecule has 0 aliphatic carbocycles. The fourth-order valence-corrected chi connectivity index (χ4v) is 1.18. The van der Waals surface area contributed by atoms with Gasteiger partial charge in [0.15, 0.2) is 11.5 Å². The number of hydrogen-bond donors (Lipinski definition) is 0. The van der Waals surface area contributed by atoms with Gasteiger partial charge in [0.2, 0.25) is 0 Å². The van der Waals surface area contributed by atoms with Gasteiger partial charge in [-0.2, -0.15) is 0 Å². The highest BCUT2D eigenvalue weighted by Crippen LogP contribution is 2.27. The molecule has 1 atom stereocenters. The van der Waals surface area contributed by atoms with Crippen LogP contribution in [0.2, 0.25) is 0 Å². The first kappa shape index (κ1) is 11.9. The van der Waals surface area contributed by atoms with Crippen molar-refractivity contribution < 1.29 is 9.47 Å². The van der Waals surface area contributed by atoms with Crippen molar-refractivity contribution in [1.29, 1.82) is 0 Å². The predicted octanol–water partition coefficient (Wildman–Crippen LogP) is 3.65. The Hall–Kier alpha value is -1.18. The van der Waals surface area contributed by atoms with Crippen LogP contribution in [-0.2, 0) is 0 Å². The number of ether oxygens (including phenoxy) is 2. The number of para-hydroxylation sites is 2. The quantitative estimate of drug-likeness (QED) is 0.710. The van der Waals surface area contributed by atoms with Gasteiger partial charge in [-0.3, -0.25) is 0 Å². The van der Waals surface area contributed by atoms with Gasteiger partial charge in [-0.1, -0.05) is 26.0 Å². The summed E-state index contributed by atoms with van der Waals surface area (Å²) >= 11 is 0. The molecule has 0 aromatic heterocycles. The molecule has 0 saturated heterocycles. The second kappa shape index (κ2) is 6.33. The van der Waals surface area contributed by atoms with Crippen LogP contribution in [0.3, 0.4) is 0 Å². The monoisotopic (exact) mass is 208 g/mol. The third-order valence-corrected chi connectivity index (χ3v) is 2.21. The normalized spacial score (nSPS) is 12.2. The van der Waals surface area contributed by atoms with Crippen LogP contribution < -0.4 is 9.47 Å². The van der Waals surface area contributed by atoms with E-state index < -0.39 is 0 Å². The van der Waals surface area contributed by atoms with Crippen molar-refractivity contribution in [3.8, 4) is 11.5 Å². The Kier molecular flexibility index (Phi) is 5.02. The van der Waals surface area contributed by atoms with Crippen molar-refractivity contribution >= 4 is 0 Å². The topological polar surface area (TPSA) is 18.5 Å². The SMILES string of the molecule is CCCOc1ccccc1O[C@H](C)CC. The van der Waals surface area contributed by atoms with Crippen LogP contribution in [0.1, 0.15) is 33.6 Å². The maximum Gasteiger partial charge on any atom is 0.161 e. The molecule has 84 valence electrons. The summed E-state index contributed by atoms with van der Waals surface area (Å²) in [5.41, 5.74) is 0. The van der Waals surface area contributed by atoms with Crippen molar-refractivity contribution in [3.05, 3.63) is 24.3 Å². The van der Waals surface area contributed by atoms with Crippen LogP contribution in [0.15, 0.2) is 24.3 Å². The summed E-state index contributed by atoms with van der Waals surface area (Å²) in [6, 6.07) is 7.84. The second-order valence-corrected chi connectivity index (χ2v) is 3.63. The molecule has 1 aromatic rings. The average molecular weight is 208 g/mol. The highest BCUT2D eigenvalue weighted by molar-refractivity contribution is 5.39. The molecule has 0 spiro atoms. The van der Waals surface area contributed by atoms with Gasteiger partial charge in [-0.05, 0) is 31.9 Å². The van der Waals surface area contributed by atoms with Crippen LogP contribution in [0, 0.1) is 0 Å². The molecule has 0 saturated carbocycles. The molecule has 0 fully saturated rings. The van der Waals surface area contributed by atoms with Crippen LogP contribution in [0.5, 0.6) is 11.5 Å². The van der Waals surface area contributed by atoms with E-state index >= 15 is 0 Å². The molecular weight excluding hydrogens is 188 g/mol. The van der Waals surface area contributed by atoms with Crippen LogP contribution in [-0.4, -0.2) is 12.7 Å². The Balaban J connectivity index is 2.67. The molecule has 15 heavy (non-hydrogen) atoms. The summed E-state index contributed by atoms with van der Waals surface area (Å²) in [6.45, 7) is 7.01. The molecule has 2 nitrogen and oxygen atoms in total. The molecular formula is C13H20O2. The van der Waals surface area contributed by atoms with Crippen LogP contribution >= 0.6 is 0 Å². The summed E-state index contributed by atoms with van der Waals surface area (Å²) in [6.07, 6.45) is 2.25. The second-order valence-electron chi connectivity index (χ2n) is 3.63. The molecule has 2 heteroatoms. The third kappa shape index (κ3) is 3.82. The lowest BCUT2D eigenvalue weighted by atomic mass is 10.3. The zero-order chi connectivity index (χ0) is 11.1. The van der Waals surface area contributed by atoms with Gasteiger partial charge in [0.25, 0.3) is 0 Å². The minimum Gasteiger partial charge on any atom is -0.490 e. The predicted molar refractivity (Wildman–Crippen MR) is 62.6 cm³/mol. The Morgan fingerprint density at radius 2 is 1.80 bits per heavy atom. The van der Waals surface area contributed by atoms with Crippen molar-refractivity contribution in [2.75, 3.05) is 6.61 Å². The van der Waals surface area contributed by atoms with E-state index in [4.69, 9.17) is 9.47 Å². The highest BCUT2D eigenvalue weighted by atomic mass is 16.5. The first-order valence-corrected chi connectivity index (χ1v) is 5.66. The summed E-state index contributed by atoms with van der Waals surface area (Å²) in [5, 5.41) is 0. The first-order valence-electron chi connectivity index (χ1n) is 5.66. The lowest BCUT2D eigenvalue weighted by Crippen LogP contribution is -2.10. The van der Waals surface area contributed by atoms with E-state index in [1.165, 1.54) is 0 Å². The summed E-state index contributed by atoms with van der Waals surface area (Å²) in [5.74, 6) is 1.69. The summed E-state index contributed by atoms with van der Waals surface area (Å²) in [7, 11) is 0. The van der Waals surface area contributed by atoms with Gasteiger partial charge in [-0.25, -0.2) is 0 Å². The fraction of sp³-hybridized carbons (Fsp3) is 0.538. The van der Waals surface area contributed by atoms with Gasteiger partial charge in [-0.15, -0.1) is 0 Å². The molecule has 1 aromatic carbocycles. The largest absolute Gasteiger partial charge is 0.490 e. The Labute approximate surface area is 92.2 Å². The zero-order valence-corrected chi connectivity index (χ0v) is 9.82. The molecule has 0 bridgehead atoms. The van der Waals surface area contributed by atoms with Crippen LogP contribution in [0.4, 0.5) is 0 Å². The minimum atomic E-state index is 0.233. The number of rotatable bonds is 6. The third-order valence-electron chi connectivity index (χ3n) is 2.21. The molecule has 0 radical (unpaired) electrons. The number of hydrogen-bond acceptors (Lipinski definition) is 2. The smallest absolute Gasteiger partial charge is 0.161 e. The van der Waals surface area contributed by atoms with E-state index in [2.05, 4.69) is 20.8 Å². The fourth-order valence-electron chi connectivity index (χ4n) is 1.18. The van der Waals surface area contributed by atoms with Crippen molar-refractivity contribution in [1.82, 2.24) is 0 Å². The van der Waals surface area contributed by atoms with E-state index in [9.17, 15) is 0 Å². The first-order chi connectivity index (χ1) is 7.27. The maximum absolute atomic E-state index is 5.77. The lowest BCUT2D eigenvalue weighted by Gasteiger charge is -2.16. The van der Waals surface area contributed by atoms with E-state index in [1.54, 1.807) is 0 Å².